The fraction of sp³-hybridized carbons (Fsp3) is 0.550. The van der Waals surface area contributed by atoms with E-state index in [1.54, 1.807) is 12.1 Å². The van der Waals surface area contributed by atoms with Gasteiger partial charge < -0.3 is 20.9 Å². The topological polar surface area (TPSA) is 107 Å². The van der Waals surface area contributed by atoms with Crippen LogP contribution < -0.4 is 20.9 Å². The van der Waals surface area contributed by atoms with Crippen molar-refractivity contribution in [1.82, 2.24) is 20.3 Å². The first kappa shape index (κ1) is 22.2. The third-order valence-electron chi connectivity index (χ3n) is 4.71. The van der Waals surface area contributed by atoms with Gasteiger partial charge in [0.05, 0.1) is 5.02 Å². The molecule has 0 spiro atoms. The van der Waals surface area contributed by atoms with Crippen LogP contribution >= 0.6 is 11.6 Å². The van der Waals surface area contributed by atoms with Gasteiger partial charge in [0, 0.05) is 31.9 Å². The van der Waals surface area contributed by atoms with Crippen LogP contribution in [0.1, 0.15) is 32.8 Å². The van der Waals surface area contributed by atoms with E-state index in [4.69, 9.17) is 11.6 Å². The Morgan fingerprint density at radius 2 is 2.00 bits per heavy atom. The van der Waals surface area contributed by atoms with Crippen LogP contribution in [0.15, 0.2) is 17.3 Å². The van der Waals surface area contributed by atoms with E-state index >= 15 is 0 Å². The Labute approximate surface area is 182 Å². The smallest absolute Gasteiger partial charge is 0.233 e. The summed E-state index contributed by atoms with van der Waals surface area (Å²) in [7, 11) is 1.97. The van der Waals surface area contributed by atoms with Gasteiger partial charge in [0.1, 0.15) is 5.69 Å². The fourth-order valence-corrected chi connectivity index (χ4v) is 3.64. The molecule has 1 saturated heterocycles. The Morgan fingerprint density at radius 1 is 1.27 bits per heavy atom. The summed E-state index contributed by atoms with van der Waals surface area (Å²) in [6.07, 6.45) is 1.01. The van der Waals surface area contributed by atoms with E-state index in [1.165, 1.54) is 0 Å². The quantitative estimate of drug-likeness (QED) is 0.558. The molecule has 0 bridgehead atoms. The van der Waals surface area contributed by atoms with Crippen molar-refractivity contribution in [3.05, 3.63) is 27.6 Å². The number of benzene rings is 1. The zero-order valence-corrected chi connectivity index (χ0v) is 18.8. The van der Waals surface area contributed by atoms with Crippen molar-refractivity contribution >= 4 is 40.8 Å². The molecule has 0 aliphatic carbocycles. The number of nitrogens with one attached hydrogen (secondary N) is 3. The molecule has 0 amide bonds. The summed E-state index contributed by atoms with van der Waals surface area (Å²) >= 11 is 6.07. The van der Waals surface area contributed by atoms with Gasteiger partial charge in [-0.15, -0.1) is 4.91 Å². The molecule has 10 heteroatoms. The number of aryl methyl sites for hydroxylation is 1. The molecule has 1 atom stereocenters. The van der Waals surface area contributed by atoms with Gasteiger partial charge in [0.2, 0.25) is 17.8 Å². The molecule has 30 heavy (non-hydrogen) atoms. The van der Waals surface area contributed by atoms with E-state index in [9.17, 15) is 4.91 Å². The molecule has 0 unspecified atom stereocenters. The molecule has 2 aromatic rings. The van der Waals surface area contributed by atoms with Crippen molar-refractivity contribution in [2.24, 2.45) is 10.6 Å². The summed E-state index contributed by atoms with van der Waals surface area (Å²) in [5, 5.41) is 13.2. The fourth-order valence-electron chi connectivity index (χ4n) is 3.38. The molecular weight excluding hydrogens is 404 g/mol. The minimum atomic E-state index is 0.0786. The first-order valence-electron chi connectivity index (χ1n) is 9.99. The summed E-state index contributed by atoms with van der Waals surface area (Å²) in [4.78, 5) is 26.8. The minimum absolute atomic E-state index is 0.0786. The first-order valence-corrected chi connectivity index (χ1v) is 10.4. The zero-order chi connectivity index (χ0) is 21.9. The first-order chi connectivity index (χ1) is 14.1. The lowest BCUT2D eigenvalue weighted by Gasteiger charge is -2.27. The van der Waals surface area contributed by atoms with Gasteiger partial charge in [0.25, 0.3) is 0 Å². The minimum Gasteiger partial charge on any atom is -0.350 e. The molecular formula is C20H29ClN8O. The Bertz CT molecular complexity index is 908. The van der Waals surface area contributed by atoms with Gasteiger partial charge in [-0.05, 0) is 48.2 Å². The highest BCUT2D eigenvalue weighted by Crippen LogP contribution is 2.32. The number of aromatic nitrogens is 3. The summed E-state index contributed by atoms with van der Waals surface area (Å²) in [5.41, 5.74) is 1.76. The number of hydrogen-bond acceptors (Lipinski definition) is 9. The second-order valence-corrected chi connectivity index (χ2v) is 9.28. The van der Waals surface area contributed by atoms with Gasteiger partial charge in [-0.25, -0.2) is 0 Å². The summed E-state index contributed by atoms with van der Waals surface area (Å²) in [5.74, 6) is 1.46. The second-order valence-electron chi connectivity index (χ2n) is 8.87. The molecule has 0 radical (unpaired) electrons. The Hall–Kier alpha value is -2.52. The van der Waals surface area contributed by atoms with E-state index in [1.807, 2.05) is 18.9 Å². The SMILES string of the molecule is Cc1cc(Cl)c(N=O)cc1Nc1nc(N[C@@H]2CCNC2)nc(N(C)CC(C)(C)C)n1. The van der Waals surface area contributed by atoms with Crippen LogP contribution in [-0.4, -0.2) is 47.7 Å². The third kappa shape index (κ3) is 5.76. The van der Waals surface area contributed by atoms with Crippen molar-refractivity contribution in [2.45, 2.75) is 40.2 Å². The highest BCUT2D eigenvalue weighted by atomic mass is 35.5. The van der Waals surface area contributed by atoms with Crippen LogP contribution in [0.25, 0.3) is 0 Å². The van der Waals surface area contributed by atoms with Gasteiger partial charge in [0.15, 0.2) is 0 Å². The molecule has 1 fully saturated rings. The van der Waals surface area contributed by atoms with Crippen LogP contribution in [0.2, 0.25) is 5.02 Å². The monoisotopic (exact) mass is 432 g/mol. The van der Waals surface area contributed by atoms with Crippen molar-refractivity contribution in [1.29, 1.82) is 0 Å². The van der Waals surface area contributed by atoms with Crippen LogP contribution in [-0.2, 0) is 0 Å². The van der Waals surface area contributed by atoms with Crippen LogP contribution in [0.5, 0.6) is 0 Å². The van der Waals surface area contributed by atoms with E-state index in [0.29, 0.717) is 28.6 Å². The number of anilines is 4. The van der Waals surface area contributed by atoms with E-state index in [2.05, 4.69) is 56.9 Å². The van der Waals surface area contributed by atoms with Crippen molar-refractivity contribution < 1.29 is 0 Å². The Morgan fingerprint density at radius 3 is 2.63 bits per heavy atom. The molecule has 9 nitrogen and oxygen atoms in total. The average molecular weight is 433 g/mol. The molecule has 0 saturated carbocycles. The number of rotatable bonds is 7. The standard InChI is InChI=1S/C20H29ClN8O/c1-12-8-14(21)16(28-30)9-15(12)24-18-25-17(23-13-6-7-22-10-13)26-19(27-18)29(5)11-20(2,3)4/h8-9,13,22H,6-7,10-11H2,1-5H3,(H2,23,24,25,26,27)/t13-/m1/s1. The molecule has 3 rings (SSSR count). The normalized spacial score (nSPS) is 16.4. The molecule has 2 heterocycles. The highest BCUT2D eigenvalue weighted by Gasteiger charge is 2.20. The molecule has 1 aliphatic heterocycles. The van der Waals surface area contributed by atoms with Crippen LogP contribution in [0, 0.1) is 17.2 Å². The van der Waals surface area contributed by atoms with Crippen molar-refractivity contribution in [2.75, 3.05) is 42.2 Å². The summed E-state index contributed by atoms with van der Waals surface area (Å²) < 4.78 is 0. The summed E-state index contributed by atoms with van der Waals surface area (Å²) in [6, 6.07) is 3.56. The Balaban J connectivity index is 1.93. The van der Waals surface area contributed by atoms with E-state index in [-0.39, 0.29) is 17.1 Å². The van der Waals surface area contributed by atoms with Gasteiger partial charge in [-0.3, -0.25) is 0 Å². The molecule has 1 aromatic carbocycles. The maximum Gasteiger partial charge on any atom is 0.233 e. The van der Waals surface area contributed by atoms with Crippen molar-refractivity contribution in [3.63, 3.8) is 0 Å². The molecule has 3 N–H and O–H groups in total. The van der Waals surface area contributed by atoms with E-state index < -0.39 is 0 Å². The highest BCUT2D eigenvalue weighted by molar-refractivity contribution is 6.33. The third-order valence-corrected chi connectivity index (χ3v) is 5.01. The van der Waals surface area contributed by atoms with Crippen LogP contribution in [0.4, 0.5) is 29.2 Å². The van der Waals surface area contributed by atoms with Gasteiger partial charge in [-0.1, -0.05) is 32.4 Å². The van der Waals surface area contributed by atoms with Crippen molar-refractivity contribution in [3.8, 4) is 0 Å². The largest absolute Gasteiger partial charge is 0.350 e. The maximum atomic E-state index is 11.0. The lowest BCUT2D eigenvalue weighted by atomic mass is 9.96. The number of nitroso groups, excluding NO2 is 1. The summed E-state index contributed by atoms with van der Waals surface area (Å²) in [6.45, 7) is 11.0. The average Bonchev–Trinajstić information content (AvgIpc) is 3.15. The number of nitrogens with zero attached hydrogens (tertiary/aromatic N) is 5. The Kier molecular flexibility index (Phi) is 6.72. The molecule has 1 aliphatic rings. The zero-order valence-electron chi connectivity index (χ0n) is 18.1. The second kappa shape index (κ2) is 9.09. The number of hydrogen-bond donors (Lipinski definition) is 3. The lowest BCUT2D eigenvalue weighted by molar-refractivity contribution is 0.416. The van der Waals surface area contributed by atoms with Crippen LogP contribution in [0.3, 0.4) is 0 Å². The predicted octanol–water partition coefficient (Wildman–Crippen LogP) is 4.23. The van der Waals surface area contributed by atoms with Gasteiger partial charge in [-0.2, -0.15) is 15.0 Å². The molecule has 162 valence electrons. The lowest BCUT2D eigenvalue weighted by Crippen LogP contribution is -2.31. The molecule has 1 aromatic heterocycles. The number of halogens is 1. The maximum absolute atomic E-state index is 11.0. The predicted molar refractivity (Wildman–Crippen MR) is 122 cm³/mol. The van der Waals surface area contributed by atoms with E-state index in [0.717, 1.165) is 31.6 Å². The van der Waals surface area contributed by atoms with Gasteiger partial charge >= 0.3 is 0 Å².